The molecular weight excluding hydrogens is 342 g/mol. The number of amides is 1. The van der Waals surface area contributed by atoms with Gasteiger partial charge in [0.25, 0.3) is 11.8 Å². The summed E-state index contributed by atoms with van der Waals surface area (Å²) in [6, 6.07) is 17.0. The quantitative estimate of drug-likeness (QED) is 0.681. The molecule has 3 aromatic rings. The van der Waals surface area contributed by atoms with E-state index in [2.05, 4.69) is 15.5 Å². The van der Waals surface area contributed by atoms with Crippen molar-refractivity contribution in [3.63, 3.8) is 0 Å². The molecule has 1 N–H and O–H groups in total. The first-order valence-corrected chi connectivity index (χ1v) is 8.94. The maximum absolute atomic E-state index is 12.1. The van der Waals surface area contributed by atoms with E-state index < -0.39 is 0 Å². The zero-order valence-corrected chi connectivity index (χ0v) is 15.7. The van der Waals surface area contributed by atoms with E-state index in [1.807, 2.05) is 63.2 Å². The predicted molar refractivity (Wildman–Crippen MR) is 102 cm³/mol. The molecule has 3 rings (SSSR count). The van der Waals surface area contributed by atoms with Crippen LogP contribution in [0.4, 0.5) is 0 Å². The molecule has 1 heterocycles. The van der Waals surface area contributed by atoms with Gasteiger partial charge in [0.15, 0.2) is 12.4 Å². The monoisotopic (exact) mass is 365 g/mol. The van der Waals surface area contributed by atoms with E-state index in [0.717, 1.165) is 11.1 Å². The van der Waals surface area contributed by atoms with Crippen LogP contribution in [-0.2, 0) is 4.79 Å². The maximum atomic E-state index is 12.1. The summed E-state index contributed by atoms with van der Waals surface area (Å²) in [5.41, 5.74) is 1.86. The first-order chi connectivity index (χ1) is 13.0. The van der Waals surface area contributed by atoms with Crippen LogP contribution in [0.2, 0.25) is 0 Å². The SMILES string of the molecule is CC(C)c1noc(-c2ccc(OCC(=O)N[C@@H](C)c3ccccc3)cc2)n1. The van der Waals surface area contributed by atoms with Crippen molar-refractivity contribution in [1.82, 2.24) is 15.5 Å². The van der Waals surface area contributed by atoms with Crippen molar-refractivity contribution in [2.75, 3.05) is 6.61 Å². The molecule has 0 spiro atoms. The zero-order chi connectivity index (χ0) is 19.2. The molecule has 1 amide bonds. The average molecular weight is 365 g/mol. The number of hydrogen-bond donors (Lipinski definition) is 1. The van der Waals surface area contributed by atoms with Crippen molar-refractivity contribution in [1.29, 1.82) is 0 Å². The van der Waals surface area contributed by atoms with Gasteiger partial charge in [-0.1, -0.05) is 49.3 Å². The van der Waals surface area contributed by atoms with E-state index in [1.165, 1.54) is 0 Å². The lowest BCUT2D eigenvalue weighted by Crippen LogP contribution is -2.31. The Balaban J connectivity index is 1.53. The Labute approximate surface area is 158 Å². The lowest BCUT2D eigenvalue weighted by molar-refractivity contribution is -0.123. The third-order valence-electron chi connectivity index (χ3n) is 4.11. The summed E-state index contributed by atoms with van der Waals surface area (Å²) in [6.45, 7) is 5.91. The van der Waals surface area contributed by atoms with Crippen molar-refractivity contribution >= 4 is 5.91 Å². The summed E-state index contributed by atoms with van der Waals surface area (Å²) in [5.74, 6) is 1.79. The van der Waals surface area contributed by atoms with Gasteiger partial charge >= 0.3 is 0 Å². The van der Waals surface area contributed by atoms with Gasteiger partial charge in [-0.25, -0.2) is 0 Å². The Morgan fingerprint density at radius 3 is 2.41 bits per heavy atom. The van der Waals surface area contributed by atoms with Gasteiger partial charge in [-0.15, -0.1) is 0 Å². The number of rotatable bonds is 7. The number of nitrogens with one attached hydrogen (secondary N) is 1. The van der Waals surface area contributed by atoms with Crippen LogP contribution in [0.15, 0.2) is 59.1 Å². The van der Waals surface area contributed by atoms with Crippen molar-refractivity contribution in [2.24, 2.45) is 0 Å². The predicted octanol–water partition coefficient (Wildman–Crippen LogP) is 4.12. The van der Waals surface area contributed by atoms with E-state index >= 15 is 0 Å². The van der Waals surface area contributed by atoms with E-state index in [9.17, 15) is 4.79 Å². The number of carbonyl (C=O) groups is 1. The summed E-state index contributed by atoms with van der Waals surface area (Å²) in [4.78, 5) is 16.4. The second-order valence-corrected chi connectivity index (χ2v) is 6.63. The average Bonchev–Trinajstić information content (AvgIpc) is 3.18. The molecule has 0 saturated heterocycles. The standard InChI is InChI=1S/C21H23N3O3/c1-14(2)20-23-21(27-24-20)17-9-11-18(12-10-17)26-13-19(25)22-15(3)16-7-5-4-6-8-16/h4-12,14-15H,13H2,1-3H3,(H,22,25)/t15-/m0/s1. The molecule has 0 unspecified atom stereocenters. The Kier molecular flexibility index (Phi) is 5.86. The van der Waals surface area contributed by atoms with Gasteiger partial charge in [0.05, 0.1) is 6.04 Å². The topological polar surface area (TPSA) is 77.2 Å². The molecule has 140 valence electrons. The molecule has 0 aliphatic carbocycles. The highest BCUT2D eigenvalue weighted by Gasteiger charge is 2.12. The fourth-order valence-corrected chi connectivity index (χ4v) is 2.54. The van der Waals surface area contributed by atoms with Gasteiger partial charge in [0.1, 0.15) is 5.75 Å². The van der Waals surface area contributed by atoms with E-state index in [-0.39, 0.29) is 24.5 Å². The summed E-state index contributed by atoms with van der Waals surface area (Å²) in [7, 11) is 0. The molecule has 27 heavy (non-hydrogen) atoms. The molecule has 0 aliphatic heterocycles. The number of carbonyl (C=O) groups excluding carboxylic acids is 1. The van der Waals surface area contributed by atoms with Crippen LogP contribution < -0.4 is 10.1 Å². The first-order valence-electron chi connectivity index (χ1n) is 8.94. The normalized spacial score (nSPS) is 12.0. The van der Waals surface area contributed by atoms with Crippen molar-refractivity contribution in [3.05, 3.63) is 66.0 Å². The fourth-order valence-electron chi connectivity index (χ4n) is 2.54. The van der Waals surface area contributed by atoms with Crippen LogP contribution in [0.25, 0.3) is 11.5 Å². The highest BCUT2D eigenvalue weighted by molar-refractivity contribution is 5.78. The molecule has 6 heteroatoms. The molecule has 0 bridgehead atoms. The van der Waals surface area contributed by atoms with E-state index in [1.54, 1.807) is 12.1 Å². The minimum atomic E-state index is -0.172. The van der Waals surface area contributed by atoms with Crippen LogP contribution in [0.3, 0.4) is 0 Å². The minimum Gasteiger partial charge on any atom is -0.484 e. The lowest BCUT2D eigenvalue weighted by atomic mass is 10.1. The van der Waals surface area contributed by atoms with Gasteiger partial charge in [0, 0.05) is 11.5 Å². The van der Waals surface area contributed by atoms with Gasteiger partial charge in [-0.2, -0.15) is 4.98 Å². The third kappa shape index (κ3) is 4.94. The molecule has 1 aromatic heterocycles. The van der Waals surface area contributed by atoms with Crippen LogP contribution in [0.5, 0.6) is 5.75 Å². The molecule has 0 aliphatic rings. The Bertz CT molecular complexity index is 873. The van der Waals surface area contributed by atoms with Gasteiger partial charge in [0.2, 0.25) is 0 Å². The number of nitrogens with zero attached hydrogens (tertiary/aromatic N) is 2. The fraction of sp³-hybridized carbons (Fsp3) is 0.286. The molecule has 6 nitrogen and oxygen atoms in total. The van der Waals surface area contributed by atoms with Crippen molar-refractivity contribution in [3.8, 4) is 17.2 Å². The van der Waals surface area contributed by atoms with E-state index in [4.69, 9.17) is 9.26 Å². The van der Waals surface area contributed by atoms with E-state index in [0.29, 0.717) is 17.5 Å². The largest absolute Gasteiger partial charge is 0.484 e. The second-order valence-electron chi connectivity index (χ2n) is 6.63. The molecule has 0 radical (unpaired) electrons. The summed E-state index contributed by atoms with van der Waals surface area (Å²) in [6.07, 6.45) is 0. The number of benzene rings is 2. The third-order valence-corrected chi connectivity index (χ3v) is 4.11. The Morgan fingerprint density at radius 2 is 1.78 bits per heavy atom. The Morgan fingerprint density at radius 1 is 1.07 bits per heavy atom. The first kappa shape index (κ1) is 18.6. The van der Waals surface area contributed by atoms with Gasteiger partial charge in [-0.05, 0) is 36.8 Å². The number of ether oxygens (including phenoxy) is 1. The molecule has 0 saturated carbocycles. The molecular formula is C21H23N3O3. The van der Waals surface area contributed by atoms with Crippen LogP contribution in [-0.4, -0.2) is 22.7 Å². The van der Waals surface area contributed by atoms with Gasteiger partial charge < -0.3 is 14.6 Å². The molecule has 0 fully saturated rings. The van der Waals surface area contributed by atoms with Crippen molar-refractivity contribution < 1.29 is 14.1 Å². The van der Waals surface area contributed by atoms with Crippen LogP contribution >= 0.6 is 0 Å². The zero-order valence-electron chi connectivity index (χ0n) is 15.7. The molecule has 2 aromatic carbocycles. The highest BCUT2D eigenvalue weighted by atomic mass is 16.5. The minimum absolute atomic E-state index is 0.0470. The van der Waals surface area contributed by atoms with Crippen LogP contribution in [0.1, 0.15) is 44.1 Å². The maximum Gasteiger partial charge on any atom is 0.258 e. The lowest BCUT2D eigenvalue weighted by Gasteiger charge is -2.14. The molecule has 1 atom stereocenters. The highest BCUT2D eigenvalue weighted by Crippen LogP contribution is 2.22. The summed E-state index contributed by atoms with van der Waals surface area (Å²) in [5, 5.41) is 6.88. The number of hydrogen-bond acceptors (Lipinski definition) is 5. The Hall–Kier alpha value is -3.15. The van der Waals surface area contributed by atoms with Crippen molar-refractivity contribution in [2.45, 2.75) is 32.7 Å². The second kappa shape index (κ2) is 8.49. The number of aromatic nitrogens is 2. The summed E-state index contributed by atoms with van der Waals surface area (Å²) >= 11 is 0. The van der Waals surface area contributed by atoms with Gasteiger partial charge in [-0.3, -0.25) is 4.79 Å². The van der Waals surface area contributed by atoms with Crippen LogP contribution in [0, 0.1) is 0 Å². The summed E-state index contributed by atoms with van der Waals surface area (Å²) < 4.78 is 10.8. The smallest absolute Gasteiger partial charge is 0.258 e.